The van der Waals surface area contributed by atoms with Gasteiger partial charge in [-0.1, -0.05) is 12.1 Å². The molecule has 6 nitrogen and oxygen atoms in total. The average molecular weight is 367 g/mol. The minimum absolute atomic E-state index is 0.101. The van der Waals surface area contributed by atoms with Crippen molar-refractivity contribution < 1.29 is 14.4 Å². The summed E-state index contributed by atoms with van der Waals surface area (Å²) in [6.07, 6.45) is 0.181. The molecule has 0 unspecified atom stereocenters. The number of carbonyl (C=O) groups is 3. The van der Waals surface area contributed by atoms with E-state index < -0.39 is 0 Å². The normalized spacial score (nSPS) is 10.2. The third-order valence-corrected chi connectivity index (χ3v) is 4.09. The fraction of sp³-hybridized carbons (Fsp3) is 0.286. The van der Waals surface area contributed by atoms with E-state index in [4.69, 9.17) is 0 Å². The standard InChI is InChI=1S/C21H25N3O3/c1-14-5-6-15(2)20(13-14)24(17(4)26)12-11-21(27)23-19-9-7-18(8-10-19)22-16(3)25/h5-10,13H,11-12H2,1-4H3,(H,22,25)(H,23,27). The summed E-state index contributed by atoms with van der Waals surface area (Å²) in [5, 5.41) is 5.47. The van der Waals surface area contributed by atoms with Gasteiger partial charge in [0.15, 0.2) is 0 Å². The third kappa shape index (κ3) is 5.95. The van der Waals surface area contributed by atoms with Crippen molar-refractivity contribution >= 4 is 34.8 Å². The van der Waals surface area contributed by atoms with Crippen LogP contribution < -0.4 is 15.5 Å². The van der Waals surface area contributed by atoms with Gasteiger partial charge < -0.3 is 15.5 Å². The van der Waals surface area contributed by atoms with Gasteiger partial charge in [-0.2, -0.15) is 0 Å². The molecule has 0 spiro atoms. The quantitative estimate of drug-likeness (QED) is 0.818. The van der Waals surface area contributed by atoms with Crippen molar-refractivity contribution in [3.63, 3.8) is 0 Å². The first-order valence-corrected chi connectivity index (χ1v) is 8.79. The molecule has 0 saturated heterocycles. The van der Waals surface area contributed by atoms with Crippen LogP contribution in [0.1, 0.15) is 31.4 Å². The van der Waals surface area contributed by atoms with E-state index in [0.29, 0.717) is 17.9 Å². The fourth-order valence-electron chi connectivity index (χ4n) is 2.73. The van der Waals surface area contributed by atoms with E-state index in [1.807, 2.05) is 32.0 Å². The summed E-state index contributed by atoms with van der Waals surface area (Å²) in [5.74, 6) is -0.433. The molecule has 2 aromatic carbocycles. The summed E-state index contributed by atoms with van der Waals surface area (Å²) in [6, 6.07) is 12.8. The zero-order valence-corrected chi connectivity index (χ0v) is 16.1. The fourth-order valence-corrected chi connectivity index (χ4v) is 2.73. The number of carbonyl (C=O) groups excluding carboxylic acids is 3. The molecule has 0 radical (unpaired) electrons. The Hall–Kier alpha value is -3.15. The molecule has 6 heteroatoms. The molecular formula is C21H25N3O3. The SMILES string of the molecule is CC(=O)Nc1ccc(NC(=O)CCN(C(C)=O)c2cc(C)ccc2C)cc1. The molecule has 27 heavy (non-hydrogen) atoms. The number of amides is 3. The monoisotopic (exact) mass is 367 g/mol. The van der Waals surface area contributed by atoms with Crippen molar-refractivity contribution in [1.82, 2.24) is 0 Å². The lowest BCUT2D eigenvalue weighted by atomic mass is 10.1. The molecule has 0 aliphatic heterocycles. The molecule has 0 aliphatic rings. The van der Waals surface area contributed by atoms with Gasteiger partial charge in [-0.15, -0.1) is 0 Å². The number of benzene rings is 2. The van der Waals surface area contributed by atoms with Crippen LogP contribution in [0.5, 0.6) is 0 Å². The predicted molar refractivity (Wildman–Crippen MR) is 108 cm³/mol. The number of hydrogen-bond donors (Lipinski definition) is 2. The van der Waals surface area contributed by atoms with Gasteiger partial charge in [-0.3, -0.25) is 14.4 Å². The van der Waals surface area contributed by atoms with Crippen LogP contribution in [0.2, 0.25) is 0 Å². The zero-order chi connectivity index (χ0) is 20.0. The highest BCUT2D eigenvalue weighted by atomic mass is 16.2. The van der Waals surface area contributed by atoms with Gasteiger partial charge in [-0.05, 0) is 55.3 Å². The van der Waals surface area contributed by atoms with Crippen LogP contribution in [0, 0.1) is 13.8 Å². The number of nitrogens with zero attached hydrogens (tertiary/aromatic N) is 1. The number of anilines is 3. The van der Waals surface area contributed by atoms with E-state index >= 15 is 0 Å². The summed E-state index contributed by atoms with van der Waals surface area (Å²) < 4.78 is 0. The van der Waals surface area contributed by atoms with Crippen molar-refractivity contribution in [1.29, 1.82) is 0 Å². The molecule has 0 fully saturated rings. The van der Waals surface area contributed by atoms with Crippen molar-refractivity contribution in [2.24, 2.45) is 0 Å². The van der Waals surface area contributed by atoms with Gasteiger partial charge in [-0.25, -0.2) is 0 Å². The Bertz CT molecular complexity index is 844. The molecule has 0 bridgehead atoms. The second kappa shape index (κ2) is 8.98. The first kappa shape index (κ1) is 20.2. The highest BCUT2D eigenvalue weighted by Crippen LogP contribution is 2.22. The van der Waals surface area contributed by atoms with Crippen LogP contribution in [-0.4, -0.2) is 24.3 Å². The smallest absolute Gasteiger partial charge is 0.226 e. The van der Waals surface area contributed by atoms with Crippen LogP contribution in [0.25, 0.3) is 0 Å². The molecule has 0 atom stereocenters. The van der Waals surface area contributed by atoms with Crippen molar-refractivity contribution in [2.75, 3.05) is 22.1 Å². The Balaban J connectivity index is 1.99. The maximum Gasteiger partial charge on any atom is 0.226 e. The molecule has 3 amide bonds. The van der Waals surface area contributed by atoms with Crippen LogP contribution in [0.4, 0.5) is 17.1 Å². The minimum Gasteiger partial charge on any atom is -0.326 e. The van der Waals surface area contributed by atoms with Crippen LogP contribution >= 0.6 is 0 Å². The zero-order valence-electron chi connectivity index (χ0n) is 16.1. The topological polar surface area (TPSA) is 78.5 Å². The molecule has 2 aromatic rings. The second-order valence-corrected chi connectivity index (χ2v) is 6.52. The van der Waals surface area contributed by atoms with Gasteiger partial charge in [0.1, 0.15) is 0 Å². The molecular weight excluding hydrogens is 342 g/mol. The summed E-state index contributed by atoms with van der Waals surface area (Å²) >= 11 is 0. The van der Waals surface area contributed by atoms with E-state index in [0.717, 1.165) is 16.8 Å². The van der Waals surface area contributed by atoms with E-state index in [9.17, 15) is 14.4 Å². The second-order valence-electron chi connectivity index (χ2n) is 6.52. The highest BCUT2D eigenvalue weighted by Gasteiger charge is 2.15. The van der Waals surface area contributed by atoms with Gasteiger partial charge >= 0.3 is 0 Å². The first-order chi connectivity index (χ1) is 12.8. The van der Waals surface area contributed by atoms with Crippen molar-refractivity contribution in [3.8, 4) is 0 Å². The van der Waals surface area contributed by atoms with Crippen LogP contribution in [0.3, 0.4) is 0 Å². The predicted octanol–water partition coefficient (Wildman–Crippen LogP) is 3.64. The maximum atomic E-state index is 12.3. The Morgan fingerprint density at radius 1 is 0.889 bits per heavy atom. The largest absolute Gasteiger partial charge is 0.326 e. The molecule has 0 heterocycles. The van der Waals surface area contributed by atoms with Crippen molar-refractivity contribution in [2.45, 2.75) is 34.1 Å². The summed E-state index contributed by atoms with van der Waals surface area (Å²) in [4.78, 5) is 37.0. The molecule has 2 N–H and O–H groups in total. The summed E-state index contributed by atoms with van der Waals surface area (Å²) in [7, 11) is 0. The Labute approximate surface area is 159 Å². The molecule has 0 aromatic heterocycles. The van der Waals surface area contributed by atoms with Gasteiger partial charge in [0.05, 0.1) is 0 Å². The maximum absolute atomic E-state index is 12.3. The number of aryl methyl sites for hydroxylation is 2. The average Bonchev–Trinajstić information content (AvgIpc) is 2.59. The third-order valence-electron chi connectivity index (χ3n) is 4.09. The van der Waals surface area contributed by atoms with Crippen LogP contribution in [-0.2, 0) is 14.4 Å². The number of nitrogens with one attached hydrogen (secondary N) is 2. The first-order valence-electron chi connectivity index (χ1n) is 8.79. The van der Waals surface area contributed by atoms with Gasteiger partial charge in [0.25, 0.3) is 0 Å². The minimum atomic E-state index is -0.182. The van der Waals surface area contributed by atoms with Gasteiger partial charge in [0, 0.05) is 43.9 Å². The Kier molecular flexibility index (Phi) is 6.71. The highest BCUT2D eigenvalue weighted by molar-refractivity contribution is 5.95. The van der Waals surface area contributed by atoms with E-state index in [2.05, 4.69) is 10.6 Å². The van der Waals surface area contributed by atoms with Gasteiger partial charge in [0.2, 0.25) is 17.7 Å². The van der Waals surface area contributed by atoms with Crippen LogP contribution in [0.15, 0.2) is 42.5 Å². The number of hydrogen-bond acceptors (Lipinski definition) is 3. The van der Waals surface area contributed by atoms with E-state index in [1.165, 1.54) is 13.8 Å². The van der Waals surface area contributed by atoms with Crippen molar-refractivity contribution in [3.05, 3.63) is 53.6 Å². The lowest BCUT2D eigenvalue weighted by Gasteiger charge is -2.23. The summed E-state index contributed by atoms with van der Waals surface area (Å²) in [6.45, 7) is 7.16. The lowest BCUT2D eigenvalue weighted by Crippen LogP contribution is -2.32. The molecule has 142 valence electrons. The molecule has 0 aliphatic carbocycles. The molecule has 0 saturated carbocycles. The van der Waals surface area contributed by atoms with E-state index in [1.54, 1.807) is 29.2 Å². The van der Waals surface area contributed by atoms with E-state index in [-0.39, 0.29) is 24.1 Å². The summed E-state index contributed by atoms with van der Waals surface area (Å²) in [5.41, 5.74) is 4.18. The molecule has 2 rings (SSSR count). The lowest BCUT2D eigenvalue weighted by molar-refractivity contribution is -0.117. The number of rotatable bonds is 6. The Morgan fingerprint density at radius 3 is 2.04 bits per heavy atom. The Morgan fingerprint density at radius 2 is 1.48 bits per heavy atom.